The number of nitrogens with zero attached hydrogens (tertiary/aromatic N) is 1. The molecule has 0 unspecified atom stereocenters. The third-order valence-electron chi connectivity index (χ3n) is 1.96. The molecule has 5 heteroatoms. The zero-order valence-electron chi connectivity index (χ0n) is 9.28. The molecule has 0 aliphatic heterocycles. The number of unbranched alkanes of at least 4 members (excludes halogenated alkanes) is 1. The first kappa shape index (κ1) is 14.1. The first-order valence-electron chi connectivity index (χ1n) is 5.23. The van der Waals surface area contributed by atoms with Crippen LogP contribution in [0.4, 0.5) is 5.69 Å². The summed E-state index contributed by atoms with van der Waals surface area (Å²) in [4.78, 5) is 11.6. The predicted octanol–water partition coefficient (Wildman–Crippen LogP) is 3.42. The Labute approximate surface area is 114 Å². The van der Waals surface area contributed by atoms with E-state index >= 15 is 0 Å². The number of hydrogen-bond donors (Lipinski definition) is 1. The second-order valence-corrected chi connectivity index (χ2v) is 5.30. The average molecular weight is 313 g/mol. The molecule has 0 aliphatic rings. The maximum Gasteiger partial charge on any atom is 0.234 e. The van der Waals surface area contributed by atoms with E-state index in [-0.39, 0.29) is 5.91 Å². The highest BCUT2D eigenvalue weighted by Crippen LogP contribution is 2.21. The number of thioether (sulfide) groups is 1. The summed E-state index contributed by atoms with van der Waals surface area (Å²) < 4.78 is 0.878. The maximum atomic E-state index is 11.6. The number of carbonyl (C=O) groups excluding carboxylic acids is 1. The number of rotatable bonds is 6. The van der Waals surface area contributed by atoms with Crippen LogP contribution in [0.2, 0.25) is 0 Å². The number of anilines is 1. The number of amides is 1. The summed E-state index contributed by atoms with van der Waals surface area (Å²) >= 11 is 4.92. The highest BCUT2D eigenvalue weighted by atomic mass is 79.9. The van der Waals surface area contributed by atoms with Crippen molar-refractivity contribution in [1.82, 2.24) is 0 Å². The lowest BCUT2D eigenvalue weighted by Gasteiger charge is -2.06. The largest absolute Gasteiger partial charge is 0.324 e. The zero-order chi connectivity index (χ0) is 12.5. The minimum Gasteiger partial charge on any atom is -0.324 e. The highest BCUT2D eigenvalue weighted by Gasteiger charge is 2.04. The van der Waals surface area contributed by atoms with Crippen molar-refractivity contribution in [3.8, 4) is 6.07 Å². The molecule has 0 saturated carbocycles. The minimum atomic E-state index is -0.0149. The summed E-state index contributed by atoms with van der Waals surface area (Å²) in [5, 5.41) is 11.2. The SMILES string of the molecule is N#CCCCSCC(=O)Nc1ccccc1Br. The fourth-order valence-corrected chi connectivity index (χ4v) is 2.30. The van der Waals surface area contributed by atoms with Crippen molar-refractivity contribution < 1.29 is 4.79 Å². The van der Waals surface area contributed by atoms with E-state index in [1.165, 1.54) is 0 Å². The van der Waals surface area contributed by atoms with Crippen LogP contribution in [-0.2, 0) is 4.79 Å². The third-order valence-corrected chi connectivity index (χ3v) is 3.69. The number of hydrogen-bond acceptors (Lipinski definition) is 3. The van der Waals surface area contributed by atoms with Crippen molar-refractivity contribution in [1.29, 1.82) is 5.26 Å². The summed E-state index contributed by atoms with van der Waals surface area (Å²) in [5.41, 5.74) is 0.787. The maximum absolute atomic E-state index is 11.6. The molecule has 90 valence electrons. The first-order valence-corrected chi connectivity index (χ1v) is 7.18. The first-order chi connectivity index (χ1) is 8.24. The Morgan fingerprint density at radius 2 is 2.24 bits per heavy atom. The molecule has 0 saturated heterocycles. The van der Waals surface area contributed by atoms with Gasteiger partial charge in [-0.1, -0.05) is 12.1 Å². The summed E-state index contributed by atoms with van der Waals surface area (Å²) in [5.74, 6) is 1.25. The van der Waals surface area contributed by atoms with Crippen molar-refractivity contribution in [3.05, 3.63) is 28.7 Å². The van der Waals surface area contributed by atoms with Gasteiger partial charge in [0.1, 0.15) is 0 Å². The van der Waals surface area contributed by atoms with Gasteiger partial charge in [0.2, 0.25) is 5.91 Å². The van der Waals surface area contributed by atoms with Gasteiger partial charge in [0.05, 0.1) is 17.5 Å². The monoisotopic (exact) mass is 312 g/mol. The molecule has 0 spiro atoms. The molecule has 0 fully saturated rings. The fourth-order valence-electron chi connectivity index (χ4n) is 1.17. The molecule has 0 heterocycles. The topological polar surface area (TPSA) is 52.9 Å². The van der Waals surface area contributed by atoms with Gasteiger partial charge in [0.25, 0.3) is 0 Å². The van der Waals surface area contributed by atoms with Gasteiger partial charge in [0, 0.05) is 10.9 Å². The zero-order valence-corrected chi connectivity index (χ0v) is 11.7. The summed E-state index contributed by atoms with van der Waals surface area (Å²) in [6.07, 6.45) is 1.39. The molecule has 1 amide bonds. The van der Waals surface area contributed by atoms with Crippen LogP contribution < -0.4 is 5.32 Å². The van der Waals surface area contributed by atoms with E-state index in [1.54, 1.807) is 11.8 Å². The van der Waals surface area contributed by atoms with E-state index in [1.807, 2.05) is 24.3 Å². The Bertz CT molecular complexity index is 417. The Hall–Kier alpha value is -0.990. The average Bonchev–Trinajstić information content (AvgIpc) is 2.32. The smallest absolute Gasteiger partial charge is 0.234 e. The molecule has 17 heavy (non-hydrogen) atoms. The van der Waals surface area contributed by atoms with Crippen LogP contribution in [0.5, 0.6) is 0 Å². The van der Waals surface area contributed by atoms with Crippen molar-refractivity contribution in [2.45, 2.75) is 12.8 Å². The van der Waals surface area contributed by atoms with E-state index in [0.717, 1.165) is 22.3 Å². The van der Waals surface area contributed by atoms with Crippen LogP contribution >= 0.6 is 27.7 Å². The van der Waals surface area contributed by atoms with Crippen LogP contribution in [0.1, 0.15) is 12.8 Å². The van der Waals surface area contributed by atoms with E-state index in [0.29, 0.717) is 12.2 Å². The number of halogens is 1. The van der Waals surface area contributed by atoms with Crippen molar-refractivity contribution in [3.63, 3.8) is 0 Å². The Morgan fingerprint density at radius 1 is 1.47 bits per heavy atom. The number of benzene rings is 1. The van der Waals surface area contributed by atoms with Crippen molar-refractivity contribution in [2.75, 3.05) is 16.8 Å². The second-order valence-electron chi connectivity index (χ2n) is 3.34. The lowest BCUT2D eigenvalue weighted by Crippen LogP contribution is -2.14. The second kappa shape index (κ2) is 8.15. The van der Waals surface area contributed by atoms with Gasteiger partial charge < -0.3 is 5.32 Å². The van der Waals surface area contributed by atoms with Gasteiger partial charge >= 0.3 is 0 Å². The summed E-state index contributed by atoms with van der Waals surface area (Å²) in [6, 6.07) is 9.59. The molecule has 0 radical (unpaired) electrons. The lowest BCUT2D eigenvalue weighted by atomic mass is 10.3. The molecule has 3 nitrogen and oxygen atoms in total. The molecule has 0 bridgehead atoms. The Kier molecular flexibility index (Phi) is 6.75. The molecule has 1 aromatic rings. The van der Waals surface area contributed by atoms with E-state index in [4.69, 9.17) is 5.26 Å². The molecule has 1 rings (SSSR count). The summed E-state index contributed by atoms with van der Waals surface area (Å²) in [7, 11) is 0. The van der Waals surface area contributed by atoms with Crippen molar-refractivity contribution in [2.24, 2.45) is 0 Å². The molecule has 1 N–H and O–H groups in total. The molecule has 0 aromatic heterocycles. The quantitative estimate of drug-likeness (QED) is 0.819. The lowest BCUT2D eigenvalue weighted by molar-refractivity contribution is -0.113. The molecular weight excluding hydrogens is 300 g/mol. The van der Waals surface area contributed by atoms with E-state index in [9.17, 15) is 4.79 Å². The standard InChI is InChI=1S/C12H13BrN2OS/c13-10-5-1-2-6-11(10)15-12(16)9-17-8-4-3-7-14/h1-2,5-6H,3-4,8-9H2,(H,15,16). The fraction of sp³-hybridized carbons (Fsp3) is 0.333. The van der Waals surface area contributed by atoms with Gasteiger partial charge in [-0.05, 0) is 40.2 Å². The predicted molar refractivity (Wildman–Crippen MR) is 74.9 cm³/mol. The van der Waals surface area contributed by atoms with Crippen molar-refractivity contribution >= 4 is 39.3 Å². The van der Waals surface area contributed by atoms with Gasteiger partial charge in [-0.25, -0.2) is 0 Å². The third kappa shape index (κ3) is 5.76. The van der Waals surface area contributed by atoms with Crippen LogP contribution in [0.25, 0.3) is 0 Å². The van der Waals surface area contributed by atoms with Crippen LogP contribution in [-0.4, -0.2) is 17.4 Å². The molecule has 0 aliphatic carbocycles. The highest BCUT2D eigenvalue weighted by molar-refractivity contribution is 9.10. The summed E-state index contributed by atoms with van der Waals surface area (Å²) in [6.45, 7) is 0. The number of nitriles is 1. The minimum absolute atomic E-state index is 0.0149. The van der Waals surface area contributed by atoms with E-state index in [2.05, 4.69) is 27.3 Å². The van der Waals surface area contributed by atoms with Crippen LogP contribution in [0, 0.1) is 11.3 Å². The molecular formula is C12H13BrN2OS. The van der Waals surface area contributed by atoms with Crippen LogP contribution in [0.15, 0.2) is 28.7 Å². The number of carbonyl (C=O) groups is 1. The normalized spacial score (nSPS) is 9.65. The van der Waals surface area contributed by atoms with E-state index < -0.39 is 0 Å². The Balaban J connectivity index is 2.26. The molecule has 0 atom stereocenters. The van der Waals surface area contributed by atoms with Crippen LogP contribution in [0.3, 0.4) is 0 Å². The van der Waals surface area contributed by atoms with Gasteiger partial charge in [-0.3, -0.25) is 4.79 Å². The molecule has 1 aromatic carbocycles. The van der Waals surface area contributed by atoms with Gasteiger partial charge in [0.15, 0.2) is 0 Å². The Morgan fingerprint density at radius 3 is 2.94 bits per heavy atom. The van der Waals surface area contributed by atoms with Gasteiger partial charge in [-0.15, -0.1) is 0 Å². The number of para-hydroxylation sites is 1. The van der Waals surface area contributed by atoms with Gasteiger partial charge in [-0.2, -0.15) is 17.0 Å². The number of nitrogens with one attached hydrogen (secondary N) is 1.